The van der Waals surface area contributed by atoms with Gasteiger partial charge in [0.05, 0.1) is 11.0 Å². The van der Waals surface area contributed by atoms with Gasteiger partial charge in [-0.1, -0.05) is 145 Å². The number of aryl methyl sites for hydroxylation is 4. The molecule has 0 amide bonds. The molecule has 11 aromatic rings. The van der Waals surface area contributed by atoms with Gasteiger partial charge in [-0.25, -0.2) is 9.97 Å². The number of fused-ring (bicyclic) bond motifs is 6. The number of anilines is 3. The average Bonchev–Trinajstić information content (AvgIpc) is 3.90. The van der Waals surface area contributed by atoms with Gasteiger partial charge in [-0.05, 0) is 137 Å². The molecule has 8 aromatic carbocycles. The second kappa shape index (κ2) is 16.2. The zero-order chi connectivity index (χ0) is 44.8. The number of benzene rings is 8. The molecule has 5 nitrogen and oxygen atoms in total. The van der Waals surface area contributed by atoms with E-state index in [1.54, 1.807) is 0 Å². The molecule has 0 bridgehead atoms. The Balaban J connectivity index is 0.00000494. The molecule has 6 heteroatoms. The van der Waals surface area contributed by atoms with E-state index in [-0.39, 0.29) is 26.5 Å². The molecule has 0 saturated heterocycles. The van der Waals surface area contributed by atoms with E-state index in [0.29, 0.717) is 0 Å². The summed E-state index contributed by atoms with van der Waals surface area (Å²) in [4.78, 5) is 18.5. The van der Waals surface area contributed by atoms with Crippen LogP contribution >= 0.6 is 0 Å². The quantitative estimate of drug-likeness (QED) is 0.156. The minimum absolute atomic E-state index is 0. The average molecular weight is 1050 g/mol. The molecule has 3 aromatic heterocycles. The molecule has 0 spiro atoms. The molecule has 0 atom stereocenters. The van der Waals surface area contributed by atoms with Crippen molar-refractivity contribution in [3.05, 3.63) is 216 Å². The van der Waals surface area contributed by atoms with Gasteiger partial charge in [0.1, 0.15) is 11.6 Å². The van der Waals surface area contributed by atoms with E-state index in [2.05, 4.69) is 227 Å². The van der Waals surface area contributed by atoms with Crippen LogP contribution in [0.5, 0.6) is 0 Å². The fraction of sp³-hybridized carbons (Fsp3) is 0.115. The molecule has 67 heavy (non-hydrogen) atoms. The molecule has 0 saturated carbocycles. The van der Waals surface area contributed by atoms with Crippen molar-refractivity contribution in [1.29, 1.82) is 0 Å². The van der Waals surface area contributed by atoms with Gasteiger partial charge in [0.15, 0.2) is 0 Å². The molecular weight excluding hydrogens is 998 g/mol. The summed E-state index contributed by atoms with van der Waals surface area (Å²) >= 11 is 0. The minimum atomic E-state index is -0.295. The number of pyridine rings is 1. The zero-order valence-electron chi connectivity index (χ0n) is 38.3. The van der Waals surface area contributed by atoms with Crippen LogP contribution in [0.3, 0.4) is 0 Å². The molecule has 326 valence electrons. The molecule has 0 N–H and O–H groups in total. The summed E-state index contributed by atoms with van der Waals surface area (Å²) in [5.74, 6) is 1.69. The van der Waals surface area contributed by atoms with E-state index >= 15 is 0 Å². The Morgan fingerprint density at radius 3 is 2.12 bits per heavy atom. The van der Waals surface area contributed by atoms with Crippen molar-refractivity contribution in [3.63, 3.8) is 0 Å². The molecule has 1 aliphatic heterocycles. The van der Waals surface area contributed by atoms with Gasteiger partial charge >= 0.3 is 21.1 Å². The topological polar surface area (TPSA) is 48.1 Å². The standard InChI is InChI=1S/C61H47N5.Pt/c1-37-24-27-52-47(32-37)48-33-44(41-16-9-7-10-17-41)34-49(58(48)63-52)60-64-59-46(20-15-23-54(59)65(60)45-18-11-8-12-19-45)42-25-26-51-55(35-42)66(53-22-14-13-21-50(53)61(51,5)6)56-36-43(28-29-62-56)57-39(3)30-38(2)31-40(57)4;/h7-34,36H,1-6H3;/q-2;+2. The number of rotatable bonds is 6. The Kier molecular flexibility index (Phi) is 10.2. The van der Waals surface area contributed by atoms with Crippen LogP contribution < -0.4 is 9.88 Å². The molecule has 0 unspecified atom stereocenters. The first-order valence-corrected chi connectivity index (χ1v) is 22.8. The second-order valence-corrected chi connectivity index (χ2v) is 18.5. The fourth-order valence-corrected chi connectivity index (χ4v) is 10.7. The predicted octanol–water partition coefficient (Wildman–Crippen LogP) is 15.5. The van der Waals surface area contributed by atoms with E-state index in [1.807, 2.05) is 6.20 Å². The van der Waals surface area contributed by atoms with Gasteiger partial charge in [-0.2, -0.15) is 0 Å². The van der Waals surface area contributed by atoms with Gasteiger partial charge in [-0.3, -0.25) is 4.57 Å². The van der Waals surface area contributed by atoms with Crippen LogP contribution in [0.1, 0.15) is 47.2 Å². The summed E-state index contributed by atoms with van der Waals surface area (Å²) in [7, 11) is 0. The first-order chi connectivity index (χ1) is 32.1. The summed E-state index contributed by atoms with van der Waals surface area (Å²) in [5, 5.41) is 2.27. The fourth-order valence-electron chi connectivity index (χ4n) is 10.7. The number of aromatic nitrogens is 4. The summed E-state index contributed by atoms with van der Waals surface area (Å²) in [6, 6.07) is 65.1. The van der Waals surface area contributed by atoms with Crippen molar-refractivity contribution in [2.45, 2.75) is 47.0 Å². The normalized spacial score (nSPS) is 12.9. The van der Waals surface area contributed by atoms with Crippen molar-refractivity contribution in [1.82, 2.24) is 19.5 Å². The van der Waals surface area contributed by atoms with Crippen molar-refractivity contribution < 1.29 is 21.1 Å². The van der Waals surface area contributed by atoms with Crippen molar-refractivity contribution in [2.24, 2.45) is 0 Å². The van der Waals surface area contributed by atoms with Crippen LogP contribution in [-0.2, 0) is 26.5 Å². The van der Waals surface area contributed by atoms with Crippen LogP contribution in [0, 0.1) is 33.8 Å². The Morgan fingerprint density at radius 1 is 0.582 bits per heavy atom. The molecular formula is C61H47N5Pt. The molecule has 0 radical (unpaired) electrons. The van der Waals surface area contributed by atoms with Crippen molar-refractivity contribution in [3.8, 4) is 50.5 Å². The molecule has 0 aliphatic carbocycles. The second-order valence-electron chi connectivity index (χ2n) is 18.5. The van der Waals surface area contributed by atoms with Gasteiger partial charge in [0.2, 0.25) is 0 Å². The van der Waals surface area contributed by atoms with E-state index in [9.17, 15) is 0 Å². The molecule has 12 rings (SSSR count). The van der Waals surface area contributed by atoms with Crippen molar-refractivity contribution in [2.75, 3.05) is 4.90 Å². The maximum atomic E-state index is 5.71. The zero-order valence-corrected chi connectivity index (χ0v) is 40.6. The number of para-hydroxylation sites is 3. The van der Waals surface area contributed by atoms with E-state index in [0.717, 1.165) is 94.9 Å². The van der Waals surface area contributed by atoms with Gasteiger partial charge in [-0.15, -0.1) is 34.8 Å². The van der Waals surface area contributed by atoms with Crippen LogP contribution in [0.15, 0.2) is 176 Å². The SMILES string of the molecule is Cc1cc(C)c(-c2ccnc(N3c4[c-]c(-c5cccc6c5nc(-c5cc(-c7ccccc7)cc7c5[n-]c5ccc(C)cc57)n6-c5ccccc5)ccc4C(C)(C)c4ccccc43)c2)c(C)c1.[Pt+2]. The number of hydrogen-bond donors (Lipinski definition) is 0. The summed E-state index contributed by atoms with van der Waals surface area (Å²) in [6.45, 7) is 13.4. The van der Waals surface area contributed by atoms with Gasteiger partial charge < -0.3 is 9.88 Å². The predicted molar refractivity (Wildman–Crippen MR) is 274 cm³/mol. The Morgan fingerprint density at radius 2 is 1.33 bits per heavy atom. The Bertz CT molecular complexity index is 3710. The van der Waals surface area contributed by atoms with Crippen LogP contribution in [0.4, 0.5) is 17.2 Å². The summed E-state index contributed by atoms with van der Waals surface area (Å²) in [6.07, 6.45) is 1.95. The maximum absolute atomic E-state index is 5.71. The van der Waals surface area contributed by atoms with Gasteiger partial charge in [0, 0.05) is 23.1 Å². The van der Waals surface area contributed by atoms with E-state index in [4.69, 9.17) is 15.0 Å². The monoisotopic (exact) mass is 1040 g/mol. The molecule has 0 fully saturated rings. The largest absolute Gasteiger partial charge is 2.00 e. The first-order valence-electron chi connectivity index (χ1n) is 22.8. The van der Waals surface area contributed by atoms with E-state index < -0.39 is 0 Å². The number of hydrogen-bond acceptors (Lipinski definition) is 3. The Labute approximate surface area is 406 Å². The van der Waals surface area contributed by atoms with Crippen LogP contribution in [-0.4, -0.2) is 14.5 Å². The number of imidazole rings is 1. The summed E-state index contributed by atoms with van der Waals surface area (Å²) < 4.78 is 2.31. The van der Waals surface area contributed by atoms with Gasteiger partial charge in [0.25, 0.3) is 0 Å². The Hall–Kier alpha value is -7.33. The maximum Gasteiger partial charge on any atom is 2.00 e. The first kappa shape index (κ1) is 42.3. The smallest absolute Gasteiger partial charge is 0.656 e. The van der Waals surface area contributed by atoms with Crippen molar-refractivity contribution >= 4 is 50.0 Å². The third kappa shape index (κ3) is 6.86. The molecule has 4 heterocycles. The number of nitrogens with zero attached hydrogens (tertiary/aromatic N) is 5. The van der Waals surface area contributed by atoms with Crippen LogP contribution in [0.25, 0.3) is 83.3 Å². The van der Waals surface area contributed by atoms with E-state index in [1.165, 1.54) is 38.9 Å². The van der Waals surface area contributed by atoms with Crippen LogP contribution in [0.2, 0.25) is 0 Å². The minimum Gasteiger partial charge on any atom is -0.656 e. The summed E-state index contributed by atoms with van der Waals surface area (Å²) in [5.41, 5.74) is 21.7. The third-order valence-electron chi connectivity index (χ3n) is 13.7. The third-order valence-corrected chi connectivity index (χ3v) is 13.7. The molecule has 1 aliphatic rings.